The number of nitrogens with one attached hydrogen (secondary N) is 1. The third-order valence-electron chi connectivity index (χ3n) is 6.02. The van der Waals surface area contributed by atoms with Crippen LogP contribution < -0.4 is 9.73 Å². The molecular formula is C28H26Cl2N4O3S. The van der Waals surface area contributed by atoms with E-state index in [-0.39, 0.29) is 4.90 Å². The number of hydrogen-bond donors (Lipinski definition) is 1. The first-order valence-electron chi connectivity index (χ1n) is 11.7. The Labute approximate surface area is 232 Å². The minimum absolute atomic E-state index is 0.0906. The molecule has 0 unspecified atom stereocenters. The van der Waals surface area contributed by atoms with Gasteiger partial charge in [-0.15, -0.1) is 0 Å². The Morgan fingerprint density at radius 2 is 1.66 bits per heavy atom. The Balaban J connectivity index is 1.56. The number of hydrazone groups is 1. The second kappa shape index (κ2) is 11.4. The lowest BCUT2D eigenvalue weighted by Gasteiger charge is -2.25. The molecule has 1 amide bonds. The average molecular weight is 570 g/mol. The minimum Gasteiger partial charge on any atom is -0.316 e. The molecule has 0 bridgehead atoms. The van der Waals surface area contributed by atoms with Crippen molar-refractivity contribution in [3.8, 4) is 5.69 Å². The van der Waals surface area contributed by atoms with E-state index in [1.807, 2.05) is 36.6 Å². The fourth-order valence-corrected chi connectivity index (χ4v) is 6.15. The highest BCUT2D eigenvalue weighted by molar-refractivity contribution is 7.92. The summed E-state index contributed by atoms with van der Waals surface area (Å²) >= 11 is 12.4. The van der Waals surface area contributed by atoms with Crippen molar-refractivity contribution < 1.29 is 13.2 Å². The van der Waals surface area contributed by atoms with Gasteiger partial charge in [0.2, 0.25) is 0 Å². The predicted molar refractivity (Wildman–Crippen MR) is 153 cm³/mol. The summed E-state index contributed by atoms with van der Waals surface area (Å²) in [6.45, 7) is 5.19. The highest BCUT2D eigenvalue weighted by Crippen LogP contribution is 2.29. The van der Waals surface area contributed by atoms with E-state index in [4.69, 9.17) is 23.2 Å². The smallest absolute Gasteiger partial charge is 0.264 e. The van der Waals surface area contributed by atoms with Gasteiger partial charge in [-0.1, -0.05) is 59.6 Å². The molecule has 1 heterocycles. The van der Waals surface area contributed by atoms with Crippen LogP contribution in [0.2, 0.25) is 10.0 Å². The topological polar surface area (TPSA) is 83.8 Å². The number of aromatic nitrogens is 1. The van der Waals surface area contributed by atoms with Crippen molar-refractivity contribution >= 4 is 51.0 Å². The summed E-state index contributed by atoms with van der Waals surface area (Å²) in [5, 5.41) is 5.15. The molecule has 0 atom stereocenters. The SMILES string of the molecule is Cc1ccccc1N(CC(=O)N/N=C\c1cc(C)n(-c2ccc(Cl)cc2Cl)c1C)S(=O)(=O)c1ccccc1. The number of nitrogens with zero attached hydrogens (tertiary/aromatic N) is 3. The molecule has 1 aromatic heterocycles. The van der Waals surface area contributed by atoms with Crippen molar-refractivity contribution in [1.82, 2.24) is 9.99 Å². The van der Waals surface area contributed by atoms with E-state index in [0.717, 1.165) is 32.5 Å². The zero-order chi connectivity index (χ0) is 27.4. The first-order valence-corrected chi connectivity index (χ1v) is 13.9. The maximum Gasteiger partial charge on any atom is 0.264 e. The van der Waals surface area contributed by atoms with E-state index >= 15 is 0 Å². The highest BCUT2D eigenvalue weighted by atomic mass is 35.5. The van der Waals surface area contributed by atoms with Gasteiger partial charge in [-0.3, -0.25) is 9.10 Å². The molecule has 0 saturated heterocycles. The summed E-state index contributed by atoms with van der Waals surface area (Å²) in [4.78, 5) is 13.0. The normalized spacial score (nSPS) is 11.6. The molecule has 7 nitrogen and oxygen atoms in total. The number of hydrogen-bond acceptors (Lipinski definition) is 4. The average Bonchev–Trinajstić information content (AvgIpc) is 3.16. The standard InChI is InChI=1S/C28H26Cl2N4O3S/c1-19-9-7-8-12-26(19)33(38(36,37)24-10-5-4-6-11-24)18-28(35)32-31-17-22-15-20(2)34(21(22)3)27-14-13-23(29)16-25(27)30/h4-17H,18H2,1-3H3,(H,32,35)/b31-17-. The van der Waals surface area contributed by atoms with Gasteiger partial charge < -0.3 is 4.57 Å². The van der Waals surface area contributed by atoms with Crippen LogP contribution in [-0.4, -0.2) is 31.7 Å². The van der Waals surface area contributed by atoms with Crippen LogP contribution >= 0.6 is 23.2 Å². The fourth-order valence-electron chi connectivity index (χ4n) is 4.15. The molecule has 0 aliphatic carbocycles. The van der Waals surface area contributed by atoms with Crippen molar-refractivity contribution in [3.63, 3.8) is 0 Å². The van der Waals surface area contributed by atoms with E-state index in [1.54, 1.807) is 55.5 Å². The Kier molecular flexibility index (Phi) is 8.26. The van der Waals surface area contributed by atoms with Gasteiger partial charge in [0.15, 0.2) is 0 Å². The molecule has 0 aliphatic rings. The third-order valence-corrected chi connectivity index (χ3v) is 8.33. The number of carbonyl (C=O) groups is 1. The van der Waals surface area contributed by atoms with Crippen molar-refractivity contribution in [2.24, 2.45) is 5.10 Å². The molecule has 1 N–H and O–H groups in total. The van der Waals surface area contributed by atoms with Crippen molar-refractivity contribution in [2.45, 2.75) is 25.7 Å². The number of para-hydroxylation sites is 1. The van der Waals surface area contributed by atoms with Crippen LogP contribution in [0.3, 0.4) is 0 Å². The first-order chi connectivity index (χ1) is 18.1. The molecule has 38 heavy (non-hydrogen) atoms. The minimum atomic E-state index is -4.00. The summed E-state index contributed by atoms with van der Waals surface area (Å²) < 4.78 is 30.0. The van der Waals surface area contributed by atoms with Gasteiger partial charge in [0.25, 0.3) is 15.9 Å². The number of benzene rings is 3. The number of aryl methyl sites for hydroxylation is 2. The summed E-state index contributed by atoms with van der Waals surface area (Å²) in [6.07, 6.45) is 1.52. The quantitative estimate of drug-likeness (QED) is 0.207. The van der Waals surface area contributed by atoms with Gasteiger partial charge in [-0.25, -0.2) is 13.8 Å². The van der Waals surface area contributed by atoms with Crippen LogP contribution in [0.5, 0.6) is 0 Å². The van der Waals surface area contributed by atoms with Crippen molar-refractivity contribution in [2.75, 3.05) is 10.8 Å². The Hall–Kier alpha value is -3.59. The number of amides is 1. The Morgan fingerprint density at radius 1 is 0.974 bits per heavy atom. The van der Waals surface area contributed by atoms with Crippen LogP contribution in [0, 0.1) is 20.8 Å². The fraction of sp³-hybridized carbons (Fsp3) is 0.143. The summed E-state index contributed by atoms with van der Waals surface area (Å²) in [5.74, 6) is -0.585. The van der Waals surface area contributed by atoms with Crippen LogP contribution in [0.15, 0.2) is 88.9 Å². The second-order valence-corrected chi connectivity index (χ2v) is 11.4. The molecule has 0 spiro atoms. The van der Waals surface area contributed by atoms with Crippen molar-refractivity contribution in [3.05, 3.63) is 111 Å². The van der Waals surface area contributed by atoms with E-state index in [1.165, 1.54) is 18.3 Å². The van der Waals surface area contributed by atoms with Crippen LogP contribution in [0.1, 0.15) is 22.5 Å². The zero-order valence-corrected chi connectivity index (χ0v) is 23.3. The van der Waals surface area contributed by atoms with Gasteiger partial charge in [-0.2, -0.15) is 5.10 Å². The number of carbonyl (C=O) groups excluding carboxylic acids is 1. The lowest BCUT2D eigenvalue weighted by atomic mass is 10.2. The maximum atomic E-state index is 13.5. The van der Waals surface area contributed by atoms with E-state index in [0.29, 0.717) is 15.7 Å². The number of rotatable bonds is 8. The summed E-state index contributed by atoms with van der Waals surface area (Å²) in [7, 11) is -4.00. The van der Waals surface area contributed by atoms with Crippen LogP contribution in [0.25, 0.3) is 5.69 Å². The van der Waals surface area contributed by atoms with E-state index in [2.05, 4.69) is 10.5 Å². The largest absolute Gasteiger partial charge is 0.316 e. The van der Waals surface area contributed by atoms with Gasteiger partial charge in [0.05, 0.1) is 27.5 Å². The van der Waals surface area contributed by atoms with Crippen molar-refractivity contribution in [1.29, 1.82) is 0 Å². The van der Waals surface area contributed by atoms with Gasteiger partial charge in [-0.05, 0) is 68.8 Å². The molecule has 3 aromatic carbocycles. The van der Waals surface area contributed by atoms with E-state index < -0.39 is 22.5 Å². The van der Waals surface area contributed by atoms with E-state index in [9.17, 15) is 13.2 Å². The molecular weight excluding hydrogens is 543 g/mol. The zero-order valence-electron chi connectivity index (χ0n) is 21.0. The van der Waals surface area contributed by atoms with Crippen LogP contribution in [0.4, 0.5) is 5.69 Å². The third kappa shape index (κ3) is 5.78. The Morgan fingerprint density at radius 3 is 2.34 bits per heavy atom. The van der Waals surface area contributed by atoms with Crippen LogP contribution in [-0.2, 0) is 14.8 Å². The lowest BCUT2D eigenvalue weighted by molar-refractivity contribution is -0.119. The summed E-state index contributed by atoms with van der Waals surface area (Å²) in [6, 6.07) is 22.2. The van der Waals surface area contributed by atoms with Gasteiger partial charge in [0, 0.05) is 22.0 Å². The van der Waals surface area contributed by atoms with Gasteiger partial charge >= 0.3 is 0 Å². The molecule has 0 saturated carbocycles. The predicted octanol–water partition coefficient (Wildman–Crippen LogP) is 6.05. The number of halogens is 2. The number of sulfonamides is 1. The summed E-state index contributed by atoms with van der Waals surface area (Å²) in [5.41, 5.74) is 6.91. The molecule has 0 aliphatic heterocycles. The van der Waals surface area contributed by atoms with Gasteiger partial charge in [0.1, 0.15) is 6.54 Å². The monoisotopic (exact) mass is 568 g/mol. The Bertz CT molecular complexity index is 1620. The molecule has 4 rings (SSSR count). The molecule has 10 heteroatoms. The second-order valence-electron chi connectivity index (χ2n) is 8.66. The highest BCUT2D eigenvalue weighted by Gasteiger charge is 2.28. The maximum absolute atomic E-state index is 13.5. The lowest BCUT2D eigenvalue weighted by Crippen LogP contribution is -2.40. The first kappa shape index (κ1) is 27.4. The molecule has 0 fully saturated rings. The molecule has 0 radical (unpaired) electrons. The molecule has 196 valence electrons. The molecule has 4 aromatic rings. The number of anilines is 1.